The van der Waals surface area contributed by atoms with Crippen LogP contribution in [0, 0.1) is 10.1 Å². The summed E-state index contributed by atoms with van der Waals surface area (Å²) in [7, 11) is -2.20. The van der Waals surface area contributed by atoms with Crippen LogP contribution in [0.4, 0.5) is 5.82 Å². The highest BCUT2D eigenvalue weighted by molar-refractivity contribution is 9.09. The second-order valence-electron chi connectivity index (χ2n) is 3.12. The van der Waals surface area contributed by atoms with Crippen molar-refractivity contribution in [1.29, 1.82) is 0 Å². The van der Waals surface area contributed by atoms with Crippen LogP contribution >= 0.6 is 15.9 Å². The minimum atomic E-state index is -3.63. The van der Waals surface area contributed by atoms with Gasteiger partial charge in [-0.2, -0.15) is 4.31 Å². The maximum atomic E-state index is 11.9. The average molecular weight is 324 g/mol. The van der Waals surface area contributed by atoms with E-state index in [9.17, 15) is 18.5 Å². The van der Waals surface area contributed by atoms with Gasteiger partial charge in [0.1, 0.15) is 4.90 Å². The van der Waals surface area contributed by atoms with Gasteiger partial charge in [0.25, 0.3) is 0 Å². The highest BCUT2D eigenvalue weighted by atomic mass is 79.9. The van der Waals surface area contributed by atoms with Crippen molar-refractivity contribution in [3.63, 3.8) is 0 Å². The zero-order valence-electron chi connectivity index (χ0n) is 8.91. The lowest BCUT2D eigenvalue weighted by atomic mass is 10.5. The third-order valence-electron chi connectivity index (χ3n) is 2.02. The second-order valence-corrected chi connectivity index (χ2v) is 5.96. The maximum Gasteiger partial charge on any atom is 0.363 e. The Balaban J connectivity index is 3.04. The molecule has 0 unspecified atom stereocenters. The van der Waals surface area contributed by atoms with E-state index in [2.05, 4.69) is 20.9 Å². The Morgan fingerprint density at radius 1 is 1.53 bits per heavy atom. The van der Waals surface area contributed by atoms with Crippen molar-refractivity contribution < 1.29 is 13.3 Å². The van der Waals surface area contributed by atoms with Crippen LogP contribution in [-0.2, 0) is 10.0 Å². The van der Waals surface area contributed by atoms with E-state index in [0.29, 0.717) is 11.9 Å². The number of alkyl halides is 1. The molecule has 7 nitrogen and oxygen atoms in total. The van der Waals surface area contributed by atoms with Crippen LogP contribution in [0.25, 0.3) is 0 Å². The smallest absolute Gasteiger partial charge is 0.358 e. The molecule has 0 spiro atoms. The summed E-state index contributed by atoms with van der Waals surface area (Å²) in [4.78, 5) is 13.1. The van der Waals surface area contributed by atoms with Gasteiger partial charge in [0.15, 0.2) is 6.20 Å². The van der Waals surface area contributed by atoms with E-state index in [1.54, 1.807) is 0 Å². The van der Waals surface area contributed by atoms with Gasteiger partial charge in [-0.15, -0.1) is 0 Å². The van der Waals surface area contributed by atoms with Gasteiger partial charge in [-0.05, 0) is 16.0 Å². The second kappa shape index (κ2) is 5.52. The Hall–Kier alpha value is -1.06. The summed E-state index contributed by atoms with van der Waals surface area (Å²) in [6.07, 6.45) is 0.984. The van der Waals surface area contributed by atoms with Crippen molar-refractivity contribution in [1.82, 2.24) is 9.29 Å². The van der Waals surface area contributed by atoms with E-state index in [-0.39, 0.29) is 10.7 Å². The molecule has 9 heteroatoms. The van der Waals surface area contributed by atoms with Crippen molar-refractivity contribution in [3.05, 3.63) is 28.4 Å². The maximum absolute atomic E-state index is 11.9. The Bertz CT molecular complexity index is 502. The van der Waals surface area contributed by atoms with Crippen LogP contribution in [0.2, 0.25) is 0 Å². The van der Waals surface area contributed by atoms with Gasteiger partial charge in [-0.3, -0.25) is 0 Å². The molecule has 0 aliphatic carbocycles. The predicted octanol–water partition coefficient (Wildman–Crippen LogP) is 1.01. The van der Waals surface area contributed by atoms with Crippen molar-refractivity contribution in [3.8, 4) is 0 Å². The summed E-state index contributed by atoms with van der Waals surface area (Å²) in [5, 5.41) is 10.9. The first kappa shape index (κ1) is 14.0. The molecule has 0 atom stereocenters. The lowest BCUT2D eigenvalue weighted by Crippen LogP contribution is -2.28. The summed E-state index contributed by atoms with van der Waals surface area (Å²) >= 11 is 3.13. The molecule has 0 radical (unpaired) electrons. The minimum Gasteiger partial charge on any atom is -0.358 e. The molecule has 0 aromatic carbocycles. The van der Waals surface area contributed by atoms with Gasteiger partial charge in [0, 0.05) is 25.0 Å². The first-order chi connectivity index (χ1) is 7.89. The molecule has 0 saturated carbocycles. The third kappa shape index (κ3) is 3.20. The fourth-order valence-corrected chi connectivity index (χ4v) is 2.94. The molecule has 0 N–H and O–H groups in total. The van der Waals surface area contributed by atoms with Crippen LogP contribution in [0.1, 0.15) is 0 Å². The molecule has 0 amide bonds. The Kier molecular flexibility index (Phi) is 4.54. The molecule has 1 rings (SSSR count). The Morgan fingerprint density at radius 3 is 2.59 bits per heavy atom. The van der Waals surface area contributed by atoms with Crippen LogP contribution in [0.5, 0.6) is 0 Å². The lowest BCUT2D eigenvalue weighted by molar-refractivity contribution is -0.389. The Morgan fingerprint density at radius 2 is 2.18 bits per heavy atom. The number of hydrogen-bond donors (Lipinski definition) is 0. The summed E-state index contributed by atoms with van der Waals surface area (Å²) < 4.78 is 24.9. The summed E-state index contributed by atoms with van der Waals surface area (Å²) in [6, 6.07) is 2.24. The molecule has 0 fully saturated rings. The van der Waals surface area contributed by atoms with Crippen LogP contribution < -0.4 is 0 Å². The van der Waals surface area contributed by atoms with Crippen molar-refractivity contribution in [2.24, 2.45) is 0 Å². The monoisotopic (exact) mass is 323 g/mol. The van der Waals surface area contributed by atoms with E-state index in [0.717, 1.165) is 16.6 Å². The lowest BCUT2D eigenvalue weighted by Gasteiger charge is -2.14. The van der Waals surface area contributed by atoms with E-state index >= 15 is 0 Å². The molecule has 0 aliphatic rings. The first-order valence-corrected chi connectivity index (χ1v) is 7.08. The van der Waals surface area contributed by atoms with Gasteiger partial charge in [0.05, 0.1) is 0 Å². The number of pyridine rings is 1. The van der Waals surface area contributed by atoms with Crippen LogP contribution in [0.3, 0.4) is 0 Å². The van der Waals surface area contributed by atoms with Gasteiger partial charge in [-0.25, -0.2) is 8.42 Å². The standard InChI is InChI=1S/C8H10BrN3O4S/c1-11(5-4-9)17(15,16)7-2-3-8(10-6-7)12(13)14/h2-3,6H,4-5H2,1H3. The summed E-state index contributed by atoms with van der Waals surface area (Å²) in [6.45, 7) is 0.305. The normalized spacial score (nSPS) is 11.7. The highest BCUT2D eigenvalue weighted by Crippen LogP contribution is 2.15. The van der Waals surface area contributed by atoms with Crippen molar-refractivity contribution in [2.75, 3.05) is 18.9 Å². The molecule has 1 aromatic rings. The van der Waals surface area contributed by atoms with Gasteiger partial charge in [0.2, 0.25) is 10.0 Å². The number of halogens is 1. The number of nitrogens with zero attached hydrogens (tertiary/aromatic N) is 3. The molecular formula is C8H10BrN3O4S. The number of hydrogen-bond acceptors (Lipinski definition) is 5. The highest BCUT2D eigenvalue weighted by Gasteiger charge is 2.22. The molecule has 0 saturated heterocycles. The topological polar surface area (TPSA) is 93.4 Å². The Labute approximate surface area is 107 Å². The number of aromatic nitrogens is 1. The number of rotatable bonds is 5. The van der Waals surface area contributed by atoms with Gasteiger partial charge < -0.3 is 10.1 Å². The zero-order valence-corrected chi connectivity index (χ0v) is 11.3. The molecule has 1 heterocycles. The fraction of sp³-hybridized carbons (Fsp3) is 0.375. The quantitative estimate of drug-likeness (QED) is 0.458. The minimum absolute atomic E-state index is 0.0634. The first-order valence-electron chi connectivity index (χ1n) is 4.52. The van der Waals surface area contributed by atoms with E-state index < -0.39 is 14.9 Å². The average Bonchev–Trinajstić information content (AvgIpc) is 2.29. The predicted molar refractivity (Wildman–Crippen MR) is 64.5 cm³/mol. The SMILES string of the molecule is CN(CCBr)S(=O)(=O)c1ccc([N+](=O)[O-])nc1. The molecule has 0 aliphatic heterocycles. The van der Waals surface area contributed by atoms with Crippen LogP contribution in [-0.4, -0.2) is 41.6 Å². The van der Waals surface area contributed by atoms with Gasteiger partial charge >= 0.3 is 5.82 Å². The fourth-order valence-electron chi connectivity index (χ4n) is 1.05. The molecule has 0 bridgehead atoms. The van der Waals surface area contributed by atoms with Crippen molar-refractivity contribution >= 4 is 31.8 Å². The van der Waals surface area contributed by atoms with Gasteiger partial charge in [-0.1, -0.05) is 15.9 Å². The number of sulfonamides is 1. The molecule has 17 heavy (non-hydrogen) atoms. The number of nitro groups is 1. The molecule has 1 aromatic heterocycles. The van der Waals surface area contributed by atoms with Crippen molar-refractivity contribution in [2.45, 2.75) is 4.90 Å². The molecule has 94 valence electrons. The third-order valence-corrected chi connectivity index (χ3v) is 4.21. The summed E-state index contributed by atoms with van der Waals surface area (Å²) in [5.41, 5.74) is 0. The van der Waals surface area contributed by atoms with E-state index in [1.807, 2.05) is 0 Å². The van der Waals surface area contributed by atoms with E-state index in [4.69, 9.17) is 0 Å². The molecular weight excluding hydrogens is 314 g/mol. The van der Waals surface area contributed by atoms with E-state index in [1.165, 1.54) is 13.1 Å². The zero-order chi connectivity index (χ0) is 13.1. The summed E-state index contributed by atoms with van der Waals surface area (Å²) in [5.74, 6) is -0.382. The largest absolute Gasteiger partial charge is 0.363 e. The van der Waals surface area contributed by atoms with Crippen LogP contribution in [0.15, 0.2) is 23.2 Å².